The highest BCUT2D eigenvalue weighted by Gasteiger charge is 2.58. The number of benzene rings is 3. The summed E-state index contributed by atoms with van der Waals surface area (Å²) in [5.41, 5.74) is 10.1. The highest BCUT2D eigenvalue weighted by molar-refractivity contribution is 5.77. The summed E-state index contributed by atoms with van der Waals surface area (Å²) in [5, 5.41) is 13.2. The van der Waals surface area contributed by atoms with Crippen molar-refractivity contribution in [3.05, 3.63) is 168 Å². The van der Waals surface area contributed by atoms with Crippen molar-refractivity contribution in [2.45, 2.75) is 214 Å². The van der Waals surface area contributed by atoms with E-state index in [2.05, 4.69) is 26.3 Å². The van der Waals surface area contributed by atoms with Gasteiger partial charge in [0.2, 0.25) is 0 Å². The van der Waals surface area contributed by atoms with Crippen LogP contribution in [0, 0.1) is 88.8 Å². The molecule has 6 saturated carbocycles. The van der Waals surface area contributed by atoms with E-state index < -0.39 is 35.2 Å². The number of pyridine rings is 3. The summed E-state index contributed by atoms with van der Waals surface area (Å²) >= 11 is 0. The van der Waals surface area contributed by atoms with Gasteiger partial charge in [-0.05, 0) is 261 Å². The maximum atomic E-state index is 13.1. The van der Waals surface area contributed by atoms with Gasteiger partial charge in [-0.25, -0.2) is 4.79 Å². The number of nitrogens with one attached hydrogen (secondary N) is 1. The van der Waals surface area contributed by atoms with Crippen LogP contribution in [0.1, 0.15) is 180 Å². The molecule has 3 aliphatic heterocycles. The average molecular weight is 1550 g/mol. The number of halogens is 9. The van der Waals surface area contributed by atoms with Crippen molar-refractivity contribution in [2.24, 2.45) is 94.5 Å². The smallest absolute Gasteiger partial charge is 0.416 e. The Balaban J connectivity index is 0.000000174. The van der Waals surface area contributed by atoms with Crippen LogP contribution in [0.25, 0.3) is 39.5 Å². The number of hydrogen-bond donors (Lipinski definition) is 3. The number of rotatable bonds is 13. The first-order valence-corrected chi connectivity index (χ1v) is 39.1. The van der Waals surface area contributed by atoms with Crippen LogP contribution in [-0.4, -0.2) is 87.2 Å². The van der Waals surface area contributed by atoms with Gasteiger partial charge in [-0.15, -0.1) is 0 Å². The number of alkyl halides is 9. The van der Waals surface area contributed by atoms with Gasteiger partial charge in [-0.2, -0.15) is 39.5 Å². The fraction of sp³-hybridized carbons (Fsp3) is 0.557. The van der Waals surface area contributed by atoms with Crippen LogP contribution in [-0.2, 0) is 64.7 Å². The number of esters is 3. The Morgan fingerprint density at radius 3 is 1.37 bits per heavy atom. The molecule has 21 atom stereocenters. The second kappa shape index (κ2) is 36.3. The number of aryl methyl sites for hydroxylation is 2. The molecule has 6 heterocycles. The predicted octanol–water partition coefficient (Wildman–Crippen LogP) is 20.1. The molecule has 3 saturated heterocycles. The molecule has 6 aromatic rings. The highest BCUT2D eigenvalue weighted by Crippen LogP contribution is 2.58. The number of nitrogens with two attached hydrogens (primary N) is 1. The molecule has 0 spiro atoms. The van der Waals surface area contributed by atoms with Gasteiger partial charge >= 0.3 is 42.5 Å². The zero-order valence-electron chi connectivity index (χ0n) is 62.5. The summed E-state index contributed by atoms with van der Waals surface area (Å²) < 4.78 is 140. The van der Waals surface area contributed by atoms with Crippen molar-refractivity contribution in [1.29, 1.82) is 0 Å². The number of alkyl carbamates (subject to hydrolysis) is 1. The number of hydrogen-bond acceptors (Lipinski definition) is 13. The van der Waals surface area contributed by atoms with Gasteiger partial charge in [0, 0.05) is 76.5 Å². The number of carbonyl (C=O) groups is 4. The molecule has 9 aliphatic rings. The molecule has 9 fully saturated rings. The molecule has 4 N–H and O–H groups in total. The van der Waals surface area contributed by atoms with E-state index in [9.17, 15) is 63.8 Å². The van der Waals surface area contributed by atoms with Gasteiger partial charge in [0.15, 0.2) is 0 Å². The molecule has 15 rings (SSSR count). The van der Waals surface area contributed by atoms with Crippen molar-refractivity contribution >= 4 is 30.1 Å². The third kappa shape index (κ3) is 19.7. The van der Waals surface area contributed by atoms with Gasteiger partial charge < -0.3 is 35.1 Å². The number of fused-ring (bicyclic) bond motifs is 6. The van der Waals surface area contributed by atoms with Crippen LogP contribution in [0.2, 0.25) is 0 Å². The van der Waals surface area contributed by atoms with Crippen LogP contribution in [0.15, 0.2) is 134 Å². The Bertz CT molecular complexity index is 4140. The van der Waals surface area contributed by atoms with Gasteiger partial charge in [-0.3, -0.25) is 29.3 Å². The molecule has 1 amide bonds. The molecular weight excluding hydrogens is 1440 g/mol. The molecule has 3 aromatic heterocycles. The van der Waals surface area contributed by atoms with E-state index in [4.69, 9.17) is 24.7 Å². The summed E-state index contributed by atoms with van der Waals surface area (Å²) in [7, 11) is 0. The fourth-order valence-corrected chi connectivity index (χ4v) is 20.5. The minimum atomic E-state index is -4.39. The van der Waals surface area contributed by atoms with Crippen molar-refractivity contribution in [2.75, 3.05) is 6.61 Å². The Hall–Kier alpha value is -8.18. The number of aromatic nitrogens is 3. The molecule has 0 unspecified atom stereocenters. The first-order chi connectivity index (χ1) is 52.0. The lowest BCUT2D eigenvalue weighted by Gasteiger charge is -2.48. The second-order valence-electron chi connectivity index (χ2n) is 31.5. The molecule has 14 nitrogen and oxygen atoms in total. The van der Waals surface area contributed by atoms with E-state index in [1.165, 1.54) is 18.2 Å². The molecule has 23 heteroatoms. The summed E-state index contributed by atoms with van der Waals surface area (Å²) in [6.07, 6.45) is 8.75. The summed E-state index contributed by atoms with van der Waals surface area (Å²) in [4.78, 5) is 63.3. The number of cyclic esters (lactones) is 3. The third-order valence-electron chi connectivity index (χ3n) is 25.2. The van der Waals surface area contributed by atoms with Crippen molar-refractivity contribution < 1.29 is 82.7 Å². The van der Waals surface area contributed by atoms with Crippen molar-refractivity contribution in [3.63, 3.8) is 0 Å². The zero-order chi connectivity index (χ0) is 77.8. The number of ether oxygens (including phenoxy) is 4. The van der Waals surface area contributed by atoms with Crippen LogP contribution in [0.4, 0.5) is 44.3 Å². The van der Waals surface area contributed by atoms with Gasteiger partial charge in [0.25, 0.3) is 0 Å². The quantitative estimate of drug-likeness (QED) is 0.0560. The average Bonchev–Trinajstić information content (AvgIpc) is 1.62. The van der Waals surface area contributed by atoms with Crippen LogP contribution in [0.3, 0.4) is 0 Å². The van der Waals surface area contributed by atoms with Gasteiger partial charge in [-0.1, -0.05) is 89.4 Å². The van der Waals surface area contributed by atoms with E-state index >= 15 is 0 Å². The first kappa shape index (κ1) is 85.3. The lowest BCUT2D eigenvalue weighted by atomic mass is 9.56. The lowest BCUT2D eigenvalue weighted by Crippen LogP contribution is -2.49. The summed E-state index contributed by atoms with van der Waals surface area (Å²) in [6.45, 7) is 12.1. The van der Waals surface area contributed by atoms with E-state index in [0.29, 0.717) is 93.8 Å². The maximum absolute atomic E-state index is 13.1. The van der Waals surface area contributed by atoms with Crippen LogP contribution < -0.4 is 11.1 Å². The van der Waals surface area contributed by atoms with Gasteiger partial charge in [0.1, 0.15) is 18.3 Å². The Morgan fingerprint density at radius 2 is 0.937 bits per heavy atom. The van der Waals surface area contributed by atoms with E-state index in [-0.39, 0.29) is 117 Å². The van der Waals surface area contributed by atoms with Crippen LogP contribution >= 0.6 is 0 Å². The number of allylic oxidation sites excluding steroid dienone is 1. The molecular formula is C88H108F9N5O9. The number of amides is 1. The van der Waals surface area contributed by atoms with Gasteiger partial charge in [0.05, 0.1) is 52.8 Å². The standard InChI is InChI=1S/C30H35F3N2O4.C27H29F3N2O2.C27H30F3NO3.C2H6.2CH4/c1-3-38-29(37)35-23-10-11-24-20(14-23)15-26-27(17(2)39-28(26)36)25(24)12-9-22-8-7-19(16-34-22)18-5-4-6-21(13-18)30(31,32)33;1-15-25-23(22-9-6-20(31)12-18(22)13-24(25)26(33)34-15)10-8-21-7-5-17(14-32-21)16-3-2-4-19(11-16)27(28,29)30;1-15-25-23(22-10-8-21(32)12-18(22)13-24(25)26(33)34-15)9-7-20-6-5-17(14-31-20)16-3-2-4-19(11-16)27(28,29)30;1-2;;/h4-8,13,16-17,20,23-27H,3,9-12,14-15H2,1-2H3,(H,35,37);2-5,7-8,10-11,14-15,18,20,22-25H,6,9,12-13,31H2,1H3;2-6,11,14-15,18,21-25,32H,7-10,12-13H2,1H3;1-2H3;2*1H4/b;10-8+;;;;/t17-,20+,23-,24-,25+,26-,27+;15-,18+,20-,22-,23+,24-,25+;15-,18+,21-,22-,23+,24-,25+;;;/m111.../s1. The van der Waals surface area contributed by atoms with Crippen molar-refractivity contribution in [3.8, 4) is 33.4 Å². The molecule has 602 valence electrons. The SMILES string of the molecule is C.C.CC.CCOC(=O)N[C@@H]1CC[C@@H]2[C@@H](C1)C[C@H]1C(=O)O[C@H](C)[C@H]1[C@H]2CCc1ccc(-c2cccc(C(F)(F)F)c2)cn1.C[C@H]1OC(=O)[C@@H]2C[C@@H]3C[C@H](N)CC[C@H]3[C@H](/C=C/c3ccc(-c4cccc(C(F)(F)F)c4)cn3)[C@H]12.C[C@H]1OC(=O)[C@@H]2C[C@@H]3C[C@H](O)CC[C@H]3[C@H](CCc3ccc(-c4cccc(C(F)(F)F)c4)cn3)[C@H]12. The topological polar surface area (TPSA) is 202 Å². The number of aliphatic hydroxyl groups excluding tert-OH is 1. The highest BCUT2D eigenvalue weighted by atomic mass is 19.4. The first-order valence-electron chi connectivity index (χ1n) is 39.1. The normalized spacial score (nSPS) is 31.1. The van der Waals surface area contributed by atoms with Crippen LogP contribution in [0.5, 0.6) is 0 Å². The Morgan fingerprint density at radius 1 is 0.523 bits per heavy atom. The fourth-order valence-electron chi connectivity index (χ4n) is 20.5. The monoisotopic (exact) mass is 1550 g/mol. The Kier molecular flexibility index (Phi) is 27.9. The maximum Gasteiger partial charge on any atom is 0.416 e. The molecule has 6 aliphatic carbocycles. The summed E-state index contributed by atoms with van der Waals surface area (Å²) in [5.74, 6) is 3.28. The molecule has 0 bridgehead atoms. The number of carbonyl (C=O) groups excluding carboxylic acids is 4. The largest absolute Gasteiger partial charge is 0.462 e. The third-order valence-corrected chi connectivity index (χ3v) is 25.2. The van der Waals surface area contributed by atoms with E-state index in [1.807, 2.05) is 71.0 Å². The molecule has 3 aromatic carbocycles. The predicted molar refractivity (Wildman–Crippen MR) is 407 cm³/mol. The Labute approximate surface area is 646 Å². The minimum Gasteiger partial charge on any atom is -0.462 e. The second-order valence-corrected chi connectivity index (χ2v) is 31.5. The van der Waals surface area contributed by atoms with E-state index in [1.54, 1.807) is 49.8 Å². The molecule has 0 radical (unpaired) electrons. The lowest BCUT2D eigenvalue weighted by molar-refractivity contribution is -0.145. The van der Waals surface area contributed by atoms with E-state index in [0.717, 1.165) is 150 Å². The zero-order valence-corrected chi connectivity index (χ0v) is 62.5. The molecule has 111 heavy (non-hydrogen) atoms. The summed E-state index contributed by atoms with van der Waals surface area (Å²) in [6, 6.07) is 27.1. The van der Waals surface area contributed by atoms with Crippen molar-refractivity contribution in [1.82, 2.24) is 20.3 Å². The number of aliphatic hydroxyl groups is 1. The minimum absolute atomic E-state index is 0. The number of nitrogens with zero attached hydrogens (tertiary/aromatic N) is 3.